The zero-order chi connectivity index (χ0) is 24.6. The second-order valence-electron chi connectivity index (χ2n) is 7.73. The second-order valence-corrected chi connectivity index (χ2v) is 9.64. The normalized spacial score (nSPS) is 12.0. The third kappa shape index (κ3) is 6.95. The van der Waals surface area contributed by atoms with E-state index in [0.29, 0.717) is 24.4 Å². The van der Waals surface area contributed by atoms with Gasteiger partial charge in [-0.25, -0.2) is 8.42 Å². The Labute approximate surface area is 196 Å². The SMILES string of the molecule is CCNC(=O)C(CC)N(Cc1ccccc1C)C(=O)CN(c1ccc(OC)cc1)S(C)(=O)=O. The largest absolute Gasteiger partial charge is 0.497 e. The Hall–Kier alpha value is -3.07. The Morgan fingerprint density at radius 2 is 1.70 bits per heavy atom. The number of nitrogens with zero attached hydrogens (tertiary/aromatic N) is 2. The van der Waals surface area contributed by atoms with E-state index in [1.165, 1.54) is 12.0 Å². The number of nitrogens with one attached hydrogen (secondary N) is 1. The van der Waals surface area contributed by atoms with Crippen molar-refractivity contribution in [2.75, 3.05) is 30.8 Å². The molecule has 0 saturated heterocycles. The first-order chi connectivity index (χ1) is 15.6. The lowest BCUT2D eigenvalue weighted by atomic mass is 10.1. The third-order valence-corrected chi connectivity index (χ3v) is 6.52. The van der Waals surface area contributed by atoms with Gasteiger partial charge in [-0.2, -0.15) is 0 Å². The molecule has 33 heavy (non-hydrogen) atoms. The van der Waals surface area contributed by atoms with Crippen LogP contribution in [0, 0.1) is 6.92 Å². The van der Waals surface area contributed by atoms with E-state index in [2.05, 4.69) is 5.32 Å². The van der Waals surface area contributed by atoms with Gasteiger partial charge in [-0.05, 0) is 55.7 Å². The summed E-state index contributed by atoms with van der Waals surface area (Å²) in [5.74, 6) is -0.156. The molecule has 2 aromatic carbocycles. The number of anilines is 1. The van der Waals surface area contributed by atoms with Crippen LogP contribution in [0.1, 0.15) is 31.4 Å². The molecule has 2 rings (SSSR count). The molecule has 0 fully saturated rings. The topological polar surface area (TPSA) is 96.0 Å². The van der Waals surface area contributed by atoms with Gasteiger partial charge in [0.2, 0.25) is 21.8 Å². The number of aryl methyl sites for hydroxylation is 1. The predicted molar refractivity (Wildman–Crippen MR) is 130 cm³/mol. The second kappa shape index (κ2) is 11.7. The first-order valence-electron chi connectivity index (χ1n) is 10.9. The van der Waals surface area contributed by atoms with Crippen molar-refractivity contribution >= 4 is 27.5 Å². The molecular weight excluding hydrogens is 442 g/mol. The van der Waals surface area contributed by atoms with Gasteiger partial charge in [0.25, 0.3) is 0 Å². The maximum Gasteiger partial charge on any atom is 0.244 e. The van der Waals surface area contributed by atoms with Crippen molar-refractivity contribution in [3.05, 3.63) is 59.7 Å². The Kier molecular flexibility index (Phi) is 9.28. The summed E-state index contributed by atoms with van der Waals surface area (Å²) in [5.41, 5.74) is 2.22. The maximum atomic E-state index is 13.5. The lowest BCUT2D eigenvalue weighted by Crippen LogP contribution is -2.52. The molecule has 2 amide bonds. The molecule has 9 heteroatoms. The molecule has 0 aliphatic heterocycles. The fraction of sp³-hybridized carbons (Fsp3) is 0.417. The number of carbonyl (C=O) groups is 2. The number of hydrogen-bond acceptors (Lipinski definition) is 5. The summed E-state index contributed by atoms with van der Waals surface area (Å²) in [5, 5.41) is 2.78. The van der Waals surface area contributed by atoms with Crippen LogP contribution >= 0.6 is 0 Å². The molecule has 0 bridgehead atoms. The standard InChI is InChI=1S/C24H33N3O5S/c1-6-22(24(29)25-7-2)26(16-19-11-9-8-10-18(19)3)23(28)17-27(33(5,30)31)20-12-14-21(32-4)15-13-20/h8-15,22H,6-7,16-17H2,1-5H3,(H,25,29). The minimum absolute atomic E-state index is 0.196. The highest BCUT2D eigenvalue weighted by Gasteiger charge is 2.31. The fourth-order valence-electron chi connectivity index (χ4n) is 3.54. The Bertz CT molecular complexity index is 1050. The van der Waals surface area contributed by atoms with E-state index in [1.54, 1.807) is 24.3 Å². The minimum Gasteiger partial charge on any atom is -0.497 e. The van der Waals surface area contributed by atoms with E-state index in [9.17, 15) is 18.0 Å². The van der Waals surface area contributed by atoms with Crippen molar-refractivity contribution in [3.8, 4) is 5.75 Å². The van der Waals surface area contributed by atoms with Gasteiger partial charge >= 0.3 is 0 Å². The first-order valence-corrected chi connectivity index (χ1v) is 12.7. The summed E-state index contributed by atoms with van der Waals surface area (Å²) in [7, 11) is -2.25. The van der Waals surface area contributed by atoms with Crippen molar-refractivity contribution in [2.45, 2.75) is 39.8 Å². The van der Waals surface area contributed by atoms with E-state index < -0.39 is 28.5 Å². The van der Waals surface area contributed by atoms with Crippen molar-refractivity contribution in [3.63, 3.8) is 0 Å². The van der Waals surface area contributed by atoms with Crippen LogP contribution in [0.4, 0.5) is 5.69 Å². The quantitative estimate of drug-likeness (QED) is 0.539. The average Bonchev–Trinajstić information content (AvgIpc) is 2.78. The molecule has 180 valence electrons. The molecule has 2 aromatic rings. The summed E-state index contributed by atoms with van der Waals surface area (Å²) >= 11 is 0. The number of sulfonamides is 1. The van der Waals surface area contributed by atoms with E-state index in [4.69, 9.17) is 4.74 Å². The van der Waals surface area contributed by atoms with Gasteiger partial charge in [-0.15, -0.1) is 0 Å². The highest BCUT2D eigenvalue weighted by molar-refractivity contribution is 7.92. The molecule has 0 aliphatic rings. The summed E-state index contributed by atoms with van der Waals surface area (Å²) in [6.07, 6.45) is 1.45. The van der Waals surface area contributed by atoms with Gasteiger partial charge in [-0.1, -0.05) is 31.2 Å². The van der Waals surface area contributed by atoms with Crippen LogP contribution in [0.3, 0.4) is 0 Å². The Morgan fingerprint density at radius 3 is 2.21 bits per heavy atom. The molecule has 1 unspecified atom stereocenters. The van der Waals surface area contributed by atoms with Crippen LogP contribution < -0.4 is 14.4 Å². The summed E-state index contributed by atoms with van der Waals surface area (Å²) in [4.78, 5) is 27.8. The van der Waals surface area contributed by atoms with Gasteiger partial charge in [0.1, 0.15) is 18.3 Å². The molecule has 8 nitrogen and oxygen atoms in total. The molecule has 0 aliphatic carbocycles. The van der Waals surface area contributed by atoms with E-state index >= 15 is 0 Å². The number of amides is 2. The highest BCUT2D eigenvalue weighted by atomic mass is 32.2. The van der Waals surface area contributed by atoms with Crippen LogP contribution in [0.15, 0.2) is 48.5 Å². The van der Waals surface area contributed by atoms with Gasteiger partial charge < -0.3 is 15.0 Å². The number of rotatable bonds is 11. The summed E-state index contributed by atoms with van der Waals surface area (Å²) < 4.78 is 31.3. The van der Waals surface area contributed by atoms with Crippen LogP contribution in [0.2, 0.25) is 0 Å². The summed E-state index contributed by atoms with van der Waals surface area (Å²) in [6.45, 7) is 5.78. The molecule has 0 radical (unpaired) electrons. The maximum absolute atomic E-state index is 13.5. The number of hydrogen-bond donors (Lipinski definition) is 1. The monoisotopic (exact) mass is 475 g/mol. The molecule has 0 saturated carbocycles. The number of methoxy groups -OCH3 is 1. The first kappa shape index (κ1) is 26.2. The van der Waals surface area contributed by atoms with E-state index in [-0.39, 0.29) is 12.5 Å². The lowest BCUT2D eigenvalue weighted by molar-refractivity contribution is -0.140. The molecule has 0 heterocycles. The predicted octanol–water partition coefficient (Wildman–Crippen LogP) is 2.71. The third-order valence-electron chi connectivity index (χ3n) is 5.38. The van der Waals surface area contributed by atoms with Crippen LogP contribution in [-0.4, -0.2) is 57.6 Å². The summed E-state index contributed by atoms with van der Waals surface area (Å²) in [6, 6.07) is 13.3. The van der Waals surface area contributed by atoms with Crippen LogP contribution in [0.25, 0.3) is 0 Å². The van der Waals surface area contributed by atoms with E-state index in [1.807, 2.05) is 45.0 Å². The van der Waals surface area contributed by atoms with Crippen LogP contribution in [0.5, 0.6) is 5.75 Å². The van der Waals surface area contributed by atoms with Gasteiger partial charge in [-0.3, -0.25) is 13.9 Å². The fourth-order valence-corrected chi connectivity index (χ4v) is 4.39. The molecule has 1 N–H and O–H groups in total. The van der Waals surface area contributed by atoms with Gasteiger partial charge in [0, 0.05) is 13.1 Å². The number of likely N-dealkylation sites (N-methyl/N-ethyl adjacent to an activating group) is 1. The lowest BCUT2D eigenvalue weighted by Gasteiger charge is -2.33. The Balaban J connectivity index is 2.43. The average molecular weight is 476 g/mol. The molecule has 0 spiro atoms. The molecule has 0 aromatic heterocycles. The smallest absolute Gasteiger partial charge is 0.244 e. The highest BCUT2D eigenvalue weighted by Crippen LogP contribution is 2.23. The van der Waals surface area contributed by atoms with Crippen molar-refractivity contribution in [2.24, 2.45) is 0 Å². The number of carbonyl (C=O) groups excluding carboxylic acids is 2. The van der Waals surface area contributed by atoms with Crippen molar-refractivity contribution < 1.29 is 22.7 Å². The van der Waals surface area contributed by atoms with Crippen molar-refractivity contribution in [1.29, 1.82) is 0 Å². The van der Waals surface area contributed by atoms with Crippen molar-refractivity contribution in [1.82, 2.24) is 10.2 Å². The Morgan fingerprint density at radius 1 is 1.06 bits per heavy atom. The zero-order valence-electron chi connectivity index (χ0n) is 19.9. The number of ether oxygens (including phenoxy) is 1. The molecular formula is C24H33N3O5S. The molecule has 1 atom stereocenters. The zero-order valence-corrected chi connectivity index (χ0v) is 20.7. The van der Waals surface area contributed by atoms with Gasteiger partial charge in [0.05, 0.1) is 19.1 Å². The number of benzene rings is 2. The van der Waals surface area contributed by atoms with Gasteiger partial charge in [0.15, 0.2) is 0 Å². The van der Waals surface area contributed by atoms with E-state index in [0.717, 1.165) is 21.7 Å². The van der Waals surface area contributed by atoms with Crippen LogP contribution in [-0.2, 0) is 26.2 Å². The minimum atomic E-state index is -3.77.